The predicted octanol–water partition coefficient (Wildman–Crippen LogP) is -4.10. The number of carbonyl (C=O) groups excluding carboxylic acids is 2. The molecule has 0 saturated heterocycles. The molecule has 0 unspecified atom stereocenters. The SMILES string of the molecule is CC(=O)N[C@@H](C(=O)[O-])C(C)C.[Na+]. The van der Waals surface area contributed by atoms with Crippen LogP contribution in [-0.4, -0.2) is 17.9 Å². The van der Waals surface area contributed by atoms with Crippen molar-refractivity contribution in [3.8, 4) is 0 Å². The number of hydrogen-bond acceptors (Lipinski definition) is 3. The summed E-state index contributed by atoms with van der Waals surface area (Å²) in [7, 11) is 0. The van der Waals surface area contributed by atoms with Crippen molar-refractivity contribution in [2.24, 2.45) is 5.92 Å². The summed E-state index contributed by atoms with van der Waals surface area (Å²) in [4.78, 5) is 20.8. The van der Waals surface area contributed by atoms with Crippen molar-refractivity contribution in [2.45, 2.75) is 26.8 Å². The van der Waals surface area contributed by atoms with Crippen molar-refractivity contribution in [2.75, 3.05) is 0 Å². The standard InChI is InChI=1S/C7H13NO3.Na/c1-4(2)6(7(10)11)8-5(3)9;/h4,6H,1-3H3,(H,8,9)(H,10,11);/q;+1/p-1/t6-;/m1./s1. The van der Waals surface area contributed by atoms with E-state index in [0.29, 0.717) is 0 Å². The molecule has 0 radical (unpaired) electrons. The first-order valence-electron chi connectivity index (χ1n) is 3.43. The van der Waals surface area contributed by atoms with Gasteiger partial charge in [0.2, 0.25) is 5.91 Å². The molecule has 0 spiro atoms. The summed E-state index contributed by atoms with van der Waals surface area (Å²) in [6.45, 7) is 4.69. The third kappa shape index (κ3) is 5.57. The zero-order valence-corrected chi connectivity index (χ0v) is 9.88. The van der Waals surface area contributed by atoms with Crippen LogP contribution in [0.25, 0.3) is 0 Å². The number of carboxylic acid groups (broad SMARTS) is 1. The molecule has 0 heterocycles. The predicted molar refractivity (Wildman–Crippen MR) is 37.4 cm³/mol. The van der Waals surface area contributed by atoms with Gasteiger partial charge in [0.15, 0.2) is 0 Å². The minimum absolute atomic E-state index is 0. The summed E-state index contributed by atoms with van der Waals surface area (Å²) >= 11 is 0. The van der Waals surface area contributed by atoms with Crippen LogP contribution in [0.15, 0.2) is 0 Å². The van der Waals surface area contributed by atoms with Crippen molar-refractivity contribution >= 4 is 11.9 Å². The van der Waals surface area contributed by atoms with E-state index in [4.69, 9.17) is 0 Å². The molecule has 0 aliphatic heterocycles. The topological polar surface area (TPSA) is 69.2 Å². The molecule has 0 aromatic rings. The molecule has 0 rings (SSSR count). The maximum atomic E-state index is 10.5. The molecule has 0 aliphatic rings. The molecule has 1 N–H and O–H groups in total. The number of carbonyl (C=O) groups is 2. The average molecular weight is 181 g/mol. The smallest absolute Gasteiger partial charge is 0.548 e. The van der Waals surface area contributed by atoms with E-state index in [2.05, 4.69) is 5.32 Å². The molecule has 0 saturated carbocycles. The third-order valence-electron chi connectivity index (χ3n) is 1.28. The molecule has 0 aromatic carbocycles. The van der Waals surface area contributed by atoms with Crippen LogP contribution in [0.3, 0.4) is 0 Å². The van der Waals surface area contributed by atoms with Crippen molar-refractivity contribution in [1.82, 2.24) is 5.32 Å². The van der Waals surface area contributed by atoms with Gasteiger partial charge in [0.05, 0.1) is 12.0 Å². The van der Waals surface area contributed by atoms with Crippen LogP contribution in [0.5, 0.6) is 0 Å². The first-order chi connectivity index (χ1) is 4.95. The molecule has 12 heavy (non-hydrogen) atoms. The summed E-state index contributed by atoms with van der Waals surface area (Å²) in [5, 5.41) is 12.6. The minimum atomic E-state index is -1.24. The molecule has 0 bridgehead atoms. The minimum Gasteiger partial charge on any atom is -0.548 e. The first-order valence-corrected chi connectivity index (χ1v) is 3.43. The van der Waals surface area contributed by atoms with Gasteiger partial charge in [-0.25, -0.2) is 0 Å². The fourth-order valence-corrected chi connectivity index (χ4v) is 0.717. The molecule has 0 aromatic heterocycles. The number of nitrogens with one attached hydrogen (secondary N) is 1. The van der Waals surface area contributed by atoms with Gasteiger partial charge >= 0.3 is 29.6 Å². The second kappa shape index (κ2) is 6.46. The average Bonchev–Trinajstić information content (AvgIpc) is 1.81. The van der Waals surface area contributed by atoms with E-state index in [0.717, 1.165) is 0 Å². The van der Waals surface area contributed by atoms with Gasteiger partial charge < -0.3 is 15.2 Å². The number of carboxylic acids is 1. The maximum Gasteiger partial charge on any atom is 1.00 e. The van der Waals surface area contributed by atoms with E-state index < -0.39 is 12.0 Å². The van der Waals surface area contributed by atoms with Gasteiger partial charge in [-0.05, 0) is 5.92 Å². The third-order valence-corrected chi connectivity index (χ3v) is 1.28. The van der Waals surface area contributed by atoms with E-state index in [-0.39, 0.29) is 41.4 Å². The quantitative estimate of drug-likeness (QED) is 0.450. The number of aliphatic carboxylic acids is 1. The molecular formula is C7H12NNaO3. The number of amides is 1. The Balaban J connectivity index is 0. The van der Waals surface area contributed by atoms with Gasteiger partial charge in [-0.2, -0.15) is 0 Å². The Bertz CT molecular complexity index is 170. The maximum absolute atomic E-state index is 10.5. The number of rotatable bonds is 3. The van der Waals surface area contributed by atoms with Crippen molar-refractivity contribution in [3.05, 3.63) is 0 Å². The van der Waals surface area contributed by atoms with E-state index in [1.807, 2.05) is 0 Å². The van der Waals surface area contributed by atoms with Crippen molar-refractivity contribution in [1.29, 1.82) is 0 Å². The largest absolute Gasteiger partial charge is 1.00 e. The Morgan fingerprint density at radius 3 is 1.83 bits per heavy atom. The summed E-state index contributed by atoms with van der Waals surface area (Å²) in [6, 6.07) is -0.882. The zero-order valence-electron chi connectivity index (χ0n) is 7.88. The van der Waals surface area contributed by atoms with Gasteiger partial charge in [0, 0.05) is 6.92 Å². The molecule has 4 nitrogen and oxygen atoms in total. The fourth-order valence-electron chi connectivity index (χ4n) is 0.717. The van der Waals surface area contributed by atoms with Crippen LogP contribution in [0.2, 0.25) is 0 Å². The van der Waals surface area contributed by atoms with Gasteiger partial charge in [-0.3, -0.25) is 4.79 Å². The second-order valence-corrected chi connectivity index (χ2v) is 2.74. The summed E-state index contributed by atoms with van der Waals surface area (Å²) in [5.41, 5.74) is 0. The van der Waals surface area contributed by atoms with Crippen LogP contribution >= 0.6 is 0 Å². The van der Waals surface area contributed by atoms with Gasteiger partial charge in [0.25, 0.3) is 0 Å². The first kappa shape index (κ1) is 14.5. The van der Waals surface area contributed by atoms with Gasteiger partial charge in [-0.1, -0.05) is 13.8 Å². The Morgan fingerprint density at radius 2 is 1.75 bits per heavy atom. The van der Waals surface area contributed by atoms with E-state index in [1.165, 1.54) is 6.92 Å². The van der Waals surface area contributed by atoms with E-state index >= 15 is 0 Å². The van der Waals surface area contributed by atoms with Crippen molar-refractivity contribution < 1.29 is 44.3 Å². The number of hydrogen-bond donors (Lipinski definition) is 1. The molecule has 1 atom stereocenters. The van der Waals surface area contributed by atoms with E-state index in [1.54, 1.807) is 13.8 Å². The van der Waals surface area contributed by atoms with Crippen LogP contribution in [-0.2, 0) is 9.59 Å². The van der Waals surface area contributed by atoms with Crippen LogP contribution < -0.4 is 40.0 Å². The van der Waals surface area contributed by atoms with Crippen LogP contribution in [0.4, 0.5) is 0 Å². The molecule has 0 aliphatic carbocycles. The van der Waals surface area contributed by atoms with Gasteiger partial charge in [0.1, 0.15) is 0 Å². The van der Waals surface area contributed by atoms with E-state index in [9.17, 15) is 14.7 Å². The summed E-state index contributed by atoms with van der Waals surface area (Å²) < 4.78 is 0. The molecular weight excluding hydrogens is 169 g/mol. The van der Waals surface area contributed by atoms with Crippen molar-refractivity contribution in [3.63, 3.8) is 0 Å². The summed E-state index contributed by atoms with van der Waals surface area (Å²) in [5.74, 6) is -1.74. The monoisotopic (exact) mass is 181 g/mol. The Labute approximate surface area is 94.0 Å². The Hall–Kier alpha value is -0.0600. The Kier molecular flexibility index (Phi) is 7.78. The normalized spacial score (nSPS) is 11.7. The van der Waals surface area contributed by atoms with Crippen LogP contribution in [0, 0.1) is 5.92 Å². The summed E-state index contributed by atoms with van der Waals surface area (Å²) in [6.07, 6.45) is 0. The molecule has 0 fully saturated rings. The Morgan fingerprint density at radius 1 is 1.33 bits per heavy atom. The molecule has 64 valence electrons. The molecule has 1 amide bonds. The second-order valence-electron chi connectivity index (χ2n) is 2.74. The molecule has 5 heteroatoms. The van der Waals surface area contributed by atoms with Gasteiger partial charge in [-0.15, -0.1) is 0 Å². The fraction of sp³-hybridized carbons (Fsp3) is 0.714. The zero-order chi connectivity index (χ0) is 9.02. The van der Waals surface area contributed by atoms with Crippen LogP contribution in [0.1, 0.15) is 20.8 Å².